The standard InChI is InChI=1S/C46H61N5O13/c1-27(2)39-36(43(49-48-39)64-44-42(62-32(7)55)41(61-31(6)54)40(60-30(5)53)37(63-44)26-59-29(4)52)24-34-15-16-35(23-28(34)3)58-22-17-38(56)47-46(8,9)45(57)51-20-18-50(19-21-51)25-33-13-11-10-12-14-33/h10-16,23,27,37,40-42,44H,17-22,24-26H2,1-9H3,(H,47,56)(H,48,49)/t37-,40-,41+,42-,44+/m1/s1. The number of H-pyrrole nitrogens is 1. The molecule has 3 heterocycles. The molecule has 0 saturated carbocycles. The SMILES string of the molecule is CC(=O)OC[C@H]1O[C@@H](Oc2n[nH]c(C(C)C)c2Cc2ccc(OCCC(=O)NC(C)(C)C(=O)N3CCN(Cc4ccccc4)CC3)cc2C)[C@H](OC(C)=O)[C@@H](OC(C)=O)[C@@H]1OC(C)=O. The van der Waals surface area contributed by atoms with Crippen molar-refractivity contribution in [3.63, 3.8) is 0 Å². The number of aromatic nitrogens is 2. The summed E-state index contributed by atoms with van der Waals surface area (Å²) in [6, 6.07) is 15.8. The number of carbonyl (C=O) groups is 6. The zero-order valence-electron chi connectivity index (χ0n) is 38.1. The highest BCUT2D eigenvalue weighted by Crippen LogP contribution is 2.35. The normalized spacial score (nSPS) is 20.2. The van der Waals surface area contributed by atoms with Crippen LogP contribution in [-0.2, 0) is 65.4 Å². The number of ether oxygens (including phenoxy) is 7. The molecule has 2 aliphatic heterocycles. The largest absolute Gasteiger partial charge is 0.493 e. The van der Waals surface area contributed by atoms with Gasteiger partial charge in [-0.1, -0.05) is 50.2 Å². The zero-order valence-corrected chi connectivity index (χ0v) is 38.1. The van der Waals surface area contributed by atoms with Gasteiger partial charge in [-0.3, -0.25) is 38.8 Å². The van der Waals surface area contributed by atoms with Crippen LogP contribution in [0.1, 0.15) is 95.7 Å². The molecule has 18 heteroatoms. The Morgan fingerprint density at radius 3 is 2.11 bits per heavy atom. The van der Waals surface area contributed by atoms with Crippen LogP contribution in [0.3, 0.4) is 0 Å². The summed E-state index contributed by atoms with van der Waals surface area (Å²) in [5.41, 5.74) is 3.30. The lowest BCUT2D eigenvalue weighted by molar-refractivity contribution is -0.289. The molecule has 2 fully saturated rings. The highest BCUT2D eigenvalue weighted by molar-refractivity contribution is 5.91. The third-order valence-corrected chi connectivity index (χ3v) is 10.8. The van der Waals surface area contributed by atoms with E-state index in [2.05, 4.69) is 32.5 Å². The molecule has 0 radical (unpaired) electrons. The molecule has 0 unspecified atom stereocenters. The quantitative estimate of drug-likeness (QED) is 0.137. The number of amides is 2. The van der Waals surface area contributed by atoms with Crippen LogP contribution in [0.2, 0.25) is 0 Å². The van der Waals surface area contributed by atoms with E-state index in [1.54, 1.807) is 19.9 Å². The Kier molecular flexibility index (Phi) is 16.9. The van der Waals surface area contributed by atoms with Gasteiger partial charge in [-0.2, -0.15) is 0 Å². The van der Waals surface area contributed by atoms with Gasteiger partial charge in [0.1, 0.15) is 24.0 Å². The lowest BCUT2D eigenvalue weighted by Gasteiger charge is -2.43. The van der Waals surface area contributed by atoms with Gasteiger partial charge >= 0.3 is 23.9 Å². The number of piperazine rings is 1. The van der Waals surface area contributed by atoms with Crippen LogP contribution in [0.15, 0.2) is 48.5 Å². The topological polar surface area (TPSA) is 214 Å². The summed E-state index contributed by atoms with van der Waals surface area (Å²) in [5, 5.41) is 10.4. The van der Waals surface area contributed by atoms with E-state index in [1.807, 2.05) is 56.0 Å². The Hall–Kier alpha value is -6.01. The zero-order chi connectivity index (χ0) is 46.7. The Balaban J connectivity index is 1.23. The molecule has 2 aromatic carbocycles. The second-order valence-corrected chi connectivity index (χ2v) is 16.9. The molecule has 2 N–H and O–H groups in total. The Morgan fingerprint density at radius 1 is 0.859 bits per heavy atom. The predicted molar refractivity (Wildman–Crippen MR) is 230 cm³/mol. The minimum Gasteiger partial charge on any atom is -0.493 e. The maximum absolute atomic E-state index is 13.5. The molecule has 5 atom stereocenters. The van der Waals surface area contributed by atoms with E-state index in [9.17, 15) is 28.8 Å². The summed E-state index contributed by atoms with van der Waals surface area (Å²) in [7, 11) is 0. The van der Waals surface area contributed by atoms with Gasteiger partial charge in [0.05, 0.1) is 13.0 Å². The van der Waals surface area contributed by atoms with Crippen molar-refractivity contribution in [2.75, 3.05) is 39.4 Å². The summed E-state index contributed by atoms with van der Waals surface area (Å²) in [6.07, 6.45) is -6.51. The highest BCUT2D eigenvalue weighted by atomic mass is 16.7. The van der Waals surface area contributed by atoms with Gasteiger partial charge in [-0.15, -0.1) is 5.10 Å². The fraction of sp³-hybridized carbons (Fsp3) is 0.543. The molecule has 0 aliphatic carbocycles. The van der Waals surface area contributed by atoms with E-state index in [4.69, 9.17) is 33.2 Å². The minimum atomic E-state index is -1.47. The van der Waals surface area contributed by atoms with Crippen molar-refractivity contribution in [2.24, 2.45) is 0 Å². The average Bonchev–Trinajstić information content (AvgIpc) is 3.62. The monoisotopic (exact) mass is 891 g/mol. The number of hydrogen-bond donors (Lipinski definition) is 2. The molecule has 2 aliphatic rings. The first kappa shape index (κ1) is 49.0. The molecule has 18 nitrogen and oxygen atoms in total. The van der Waals surface area contributed by atoms with E-state index in [-0.39, 0.29) is 36.6 Å². The Bertz CT molecular complexity index is 2110. The number of aromatic amines is 1. The van der Waals surface area contributed by atoms with Crippen LogP contribution in [0.5, 0.6) is 11.6 Å². The van der Waals surface area contributed by atoms with Crippen molar-refractivity contribution in [1.29, 1.82) is 0 Å². The second-order valence-electron chi connectivity index (χ2n) is 16.9. The van der Waals surface area contributed by atoms with Gasteiger partial charge in [0.15, 0.2) is 12.2 Å². The van der Waals surface area contributed by atoms with E-state index in [1.165, 1.54) is 12.5 Å². The fourth-order valence-corrected chi connectivity index (χ4v) is 7.72. The van der Waals surface area contributed by atoms with Gasteiger partial charge in [0.25, 0.3) is 0 Å². The van der Waals surface area contributed by atoms with Gasteiger partial charge in [-0.05, 0) is 55.5 Å². The second kappa shape index (κ2) is 22.1. The molecular weight excluding hydrogens is 831 g/mol. The number of benzene rings is 2. The van der Waals surface area contributed by atoms with Crippen LogP contribution in [0.25, 0.3) is 0 Å². The molecule has 5 rings (SSSR count). The molecule has 2 amide bonds. The smallest absolute Gasteiger partial charge is 0.303 e. The number of nitrogens with one attached hydrogen (secondary N) is 2. The highest BCUT2D eigenvalue weighted by Gasteiger charge is 2.53. The van der Waals surface area contributed by atoms with Gasteiger partial charge in [0.2, 0.25) is 30.1 Å². The van der Waals surface area contributed by atoms with Gasteiger partial charge in [0, 0.05) is 78.1 Å². The maximum atomic E-state index is 13.5. The van der Waals surface area contributed by atoms with E-state index in [0.717, 1.165) is 57.2 Å². The van der Waals surface area contributed by atoms with Crippen molar-refractivity contribution in [3.8, 4) is 11.6 Å². The fourth-order valence-electron chi connectivity index (χ4n) is 7.72. The minimum absolute atomic E-state index is 0.0368. The lowest BCUT2D eigenvalue weighted by Crippen LogP contribution is -2.63. The summed E-state index contributed by atoms with van der Waals surface area (Å²) in [4.78, 5) is 79.3. The Morgan fingerprint density at radius 2 is 1.50 bits per heavy atom. The number of nitrogens with zero attached hydrogens (tertiary/aromatic N) is 3. The predicted octanol–water partition coefficient (Wildman–Crippen LogP) is 3.90. The van der Waals surface area contributed by atoms with Crippen LogP contribution in [0, 0.1) is 6.92 Å². The first-order valence-electron chi connectivity index (χ1n) is 21.4. The molecule has 3 aromatic rings. The lowest BCUT2D eigenvalue weighted by atomic mass is 9.96. The maximum Gasteiger partial charge on any atom is 0.303 e. The van der Waals surface area contributed by atoms with Gasteiger partial charge in [-0.25, -0.2) is 0 Å². The molecule has 0 spiro atoms. The van der Waals surface area contributed by atoms with E-state index < -0.39 is 66.7 Å². The van der Waals surface area contributed by atoms with Crippen molar-refractivity contribution < 1.29 is 61.9 Å². The first-order valence-corrected chi connectivity index (χ1v) is 21.4. The Labute approximate surface area is 373 Å². The molecule has 0 bridgehead atoms. The number of aryl methyl sites for hydroxylation is 1. The third-order valence-electron chi connectivity index (χ3n) is 10.8. The van der Waals surface area contributed by atoms with Gasteiger partial charge < -0.3 is 43.4 Å². The summed E-state index contributed by atoms with van der Waals surface area (Å²) in [6.45, 7) is 17.1. The van der Waals surface area contributed by atoms with Crippen LogP contribution >= 0.6 is 0 Å². The molecular formula is C46H61N5O13. The molecule has 348 valence electrons. The van der Waals surface area contributed by atoms with Crippen molar-refractivity contribution in [2.45, 2.75) is 124 Å². The van der Waals surface area contributed by atoms with Crippen molar-refractivity contribution in [3.05, 3.63) is 76.5 Å². The number of rotatable bonds is 18. The number of carbonyl (C=O) groups excluding carboxylic acids is 6. The molecule has 1 aromatic heterocycles. The van der Waals surface area contributed by atoms with Crippen LogP contribution < -0.4 is 14.8 Å². The third kappa shape index (κ3) is 13.5. The van der Waals surface area contributed by atoms with E-state index in [0.29, 0.717) is 30.8 Å². The average molecular weight is 892 g/mol. The first-order chi connectivity index (χ1) is 30.3. The number of hydrogen-bond acceptors (Lipinski definition) is 15. The summed E-state index contributed by atoms with van der Waals surface area (Å²) in [5.74, 6) is -2.76. The molecule has 64 heavy (non-hydrogen) atoms. The summed E-state index contributed by atoms with van der Waals surface area (Å²) >= 11 is 0. The van der Waals surface area contributed by atoms with Crippen molar-refractivity contribution in [1.82, 2.24) is 25.3 Å². The van der Waals surface area contributed by atoms with Crippen LogP contribution in [-0.4, -0.2) is 131 Å². The molecule has 2 saturated heterocycles. The van der Waals surface area contributed by atoms with E-state index >= 15 is 0 Å². The summed E-state index contributed by atoms with van der Waals surface area (Å²) < 4.78 is 40.3. The van der Waals surface area contributed by atoms with Crippen LogP contribution in [0.4, 0.5) is 0 Å². The number of esters is 4. The van der Waals surface area contributed by atoms with Crippen molar-refractivity contribution >= 4 is 35.7 Å².